The molecule has 0 amide bonds. The van der Waals surface area contributed by atoms with E-state index < -0.39 is 11.9 Å². The van der Waals surface area contributed by atoms with Crippen molar-refractivity contribution in [2.75, 3.05) is 0 Å². The number of rotatable bonds is 5. The Morgan fingerprint density at radius 2 is 1.25 bits per heavy atom. The molecule has 0 aliphatic rings. The van der Waals surface area contributed by atoms with Crippen LogP contribution < -0.4 is 0 Å². The summed E-state index contributed by atoms with van der Waals surface area (Å²) in [7, 11) is 0. The minimum Gasteiger partial charge on any atom is -0.478 e. The van der Waals surface area contributed by atoms with Gasteiger partial charge in [-0.25, -0.2) is 9.59 Å². The molecule has 0 atom stereocenters. The highest BCUT2D eigenvalue weighted by Crippen LogP contribution is 2.12. The van der Waals surface area contributed by atoms with Crippen LogP contribution in [0.5, 0.6) is 0 Å². The van der Waals surface area contributed by atoms with Gasteiger partial charge < -0.3 is 10.2 Å². The molecule has 0 spiro atoms. The van der Waals surface area contributed by atoms with Gasteiger partial charge in [0.25, 0.3) is 0 Å². The molecule has 101 valence electrons. The first-order valence-corrected chi connectivity index (χ1v) is 6.05. The van der Waals surface area contributed by atoms with Crippen LogP contribution in [0, 0.1) is 6.42 Å². The standard InChI is InChI=1S/C16H13O4/c17-15(18)13-7-3-11(4-8-13)1-2-12-5-9-14(10-6-12)16(19)20/h1,3-10H,2H2,(H,17,18)(H,19,20). The topological polar surface area (TPSA) is 74.6 Å². The number of benzene rings is 2. The van der Waals surface area contributed by atoms with E-state index in [1.807, 2.05) is 6.42 Å². The van der Waals surface area contributed by atoms with Gasteiger partial charge in [0.2, 0.25) is 0 Å². The third-order valence-electron chi connectivity index (χ3n) is 2.93. The molecule has 0 saturated carbocycles. The number of carboxylic acids is 2. The molecule has 0 aliphatic heterocycles. The van der Waals surface area contributed by atoms with Gasteiger partial charge >= 0.3 is 11.9 Å². The second-order valence-corrected chi connectivity index (χ2v) is 4.34. The molecule has 2 rings (SSSR count). The monoisotopic (exact) mass is 269 g/mol. The zero-order valence-electron chi connectivity index (χ0n) is 10.6. The molecule has 0 unspecified atom stereocenters. The van der Waals surface area contributed by atoms with Crippen molar-refractivity contribution >= 4 is 11.9 Å². The average molecular weight is 269 g/mol. The van der Waals surface area contributed by atoms with Crippen LogP contribution in [0.3, 0.4) is 0 Å². The lowest BCUT2D eigenvalue weighted by atomic mass is 10.0. The number of hydrogen-bond donors (Lipinski definition) is 2. The van der Waals surface area contributed by atoms with Crippen molar-refractivity contribution < 1.29 is 19.8 Å². The van der Waals surface area contributed by atoms with Gasteiger partial charge in [0.1, 0.15) is 0 Å². The van der Waals surface area contributed by atoms with Crippen LogP contribution >= 0.6 is 0 Å². The number of hydrogen-bond acceptors (Lipinski definition) is 2. The summed E-state index contributed by atoms with van der Waals surface area (Å²) in [6, 6.07) is 13.3. The fourth-order valence-electron chi connectivity index (χ4n) is 1.78. The molecule has 0 heterocycles. The Morgan fingerprint density at radius 3 is 1.70 bits per heavy atom. The molecule has 2 aromatic carbocycles. The molecule has 20 heavy (non-hydrogen) atoms. The third-order valence-corrected chi connectivity index (χ3v) is 2.93. The highest BCUT2D eigenvalue weighted by atomic mass is 16.4. The van der Waals surface area contributed by atoms with Crippen molar-refractivity contribution in [3.8, 4) is 0 Å². The normalized spacial score (nSPS) is 10.2. The maximum Gasteiger partial charge on any atom is 0.335 e. The minimum absolute atomic E-state index is 0.257. The van der Waals surface area contributed by atoms with Crippen molar-refractivity contribution in [1.29, 1.82) is 0 Å². The quantitative estimate of drug-likeness (QED) is 0.875. The van der Waals surface area contributed by atoms with E-state index in [4.69, 9.17) is 10.2 Å². The Bertz CT molecular complexity index is 554. The van der Waals surface area contributed by atoms with E-state index in [1.165, 1.54) is 0 Å². The van der Waals surface area contributed by atoms with Gasteiger partial charge in [-0.2, -0.15) is 0 Å². The first-order chi connectivity index (χ1) is 9.56. The molecular weight excluding hydrogens is 256 g/mol. The highest BCUT2D eigenvalue weighted by Gasteiger charge is 2.04. The fraction of sp³-hybridized carbons (Fsp3) is 0.0625. The highest BCUT2D eigenvalue weighted by molar-refractivity contribution is 5.88. The lowest BCUT2D eigenvalue weighted by Gasteiger charge is -2.03. The van der Waals surface area contributed by atoms with Crippen molar-refractivity contribution in [3.63, 3.8) is 0 Å². The number of carbonyl (C=O) groups is 2. The average Bonchev–Trinajstić information content (AvgIpc) is 2.46. The predicted octanol–water partition coefficient (Wildman–Crippen LogP) is 2.88. The van der Waals surface area contributed by atoms with Crippen LogP contribution in [0.2, 0.25) is 0 Å². The summed E-state index contributed by atoms with van der Waals surface area (Å²) in [5.41, 5.74) is 2.45. The Labute approximate surface area is 116 Å². The van der Waals surface area contributed by atoms with E-state index in [-0.39, 0.29) is 11.1 Å². The second kappa shape index (κ2) is 6.02. The van der Waals surface area contributed by atoms with Gasteiger partial charge in [-0.1, -0.05) is 24.3 Å². The van der Waals surface area contributed by atoms with E-state index in [1.54, 1.807) is 48.5 Å². The lowest BCUT2D eigenvalue weighted by molar-refractivity contribution is 0.0686. The third kappa shape index (κ3) is 3.45. The van der Waals surface area contributed by atoms with Crippen LogP contribution in [-0.2, 0) is 6.42 Å². The van der Waals surface area contributed by atoms with Crippen LogP contribution in [0.15, 0.2) is 48.5 Å². The van der Waals surface area contributed by atoms with Gasteiger partial charge in [-0.05, 0) is 48.2 Å². The van der Waals surface area contributed by atoms with Crippen molar-refractivity contribution in [2.45, 2.75) is 6.42 Å². The summed E-state index contributed by atoms with van der Waals surface area (Å²) in [5.74, 6) is -1.88. The number of aromatic carboxylic acids is 2. The van der Waals surface area contributed by atoms with E-state index in [0.717, 1.165) is 11.1 Å². The Kier molecular flexibility index (Phi) is 4.15. The Hall–Kier alpha value is -2.62. The zero-order chi connectivity index (χ0) is 14.5. The summed E-state index contributed by atoms with van der Waals surface area (Å²) < 4.78 is 0. The molecular formula is C16H13O4. The largest absolute Gasteiger partial charge is 0.478 e. The van der Waals surface area contributed by atoms with E-state index >= 15 is 0 Å². The van der Waals surface area contributed by atoms with E-state index in [2.05, 4.69) is 0 Å². The predicted molar refractivity (Wildman–Crippen MR) is 73.9 cm³/mol. The number of carboxylic acid groups (broad SMARTS) is 2. The summed E-state index contributed by atoms with van der Waals surface area (Å²) in [6.45, 7) is 0. The van der Waals surface area contributed by atoms with Crippen LogP contribution in [0.1, 0.15) is 31.8 Å². The summed E-state index contributed by atoms with van der Waals surface area (Å²) in [5, 5.41) is 17.6. The van der Waals surface area contributed by atoms with Crippen molar-refractivity contribution in [2.24, 2.45) is 0 Å². The molecule has 4 nitrogen and oxygen atoms in total. The summed E-state index contributed by atoms with van der Waals surface area (Å²) >= 11 is 0. The molecule has 0 saturated heterocycles. The molecule has 0 aliphatic carbocycles. The molecule has 2 aromatic rings. The SMILES string of the molecule is O=C(O)c1ccc([CH]Cc2ccc(C(=O)O)cc2)cc1. The second-order valence-electron chi connectivity index (χ2n) is 4.34. The fourth-order valence-corrected chi connectivity index (χ4v) is 1.78. The first kappa shape index (κ1) is 13.8. The molecule has 1 radical (unpaired) electrons. The Balaban J connectivity index is 1.97. The first-order valence-electron chi connectivity index (χ1n) is 6.05. The maximum atomic E-state index is 10.7. The van der Waals surface area contributed by atoms with Gasteiger partial charge in [-0.15, -0.1) is 0 Å². The van der Waals surface area contributed by atoms with Gasteiger partial charge in [0.05, 0.1) is 11.1 Å². The molecule has 0 bridgehead atoms. The van der Waals surface area contributed by atoms with E-state index in [9.17, 15) is 9.59 Å². The van der Waals surface area contributed by atoms with Crippen molar-refractivity contribution in [3.05, 3.63) is 77.2 Å². The summed E-state index contributed by atoms with van der Waals surface area (Å²) in [6.07, 6.45) is 2.62. The zero-order valence-corrected chi connectivity index (χ0v) is 10.6. The van der Waals surface area contributed by atoms with Crippen molar-refractivity contribution in [1.82, 2.24) is 0 Å². The van der Waals surface area contributed by atoms with Crippen LogP contribution in [-0.4, -0.2) is 22.2 Å². The van der Waals surface area contributed by atoms with Gasteiger partial charge in [0, 0.05) is 0 Å². The van der Waals surface area contributed by atoms with E-state index in [0.29, 0.717) is 6.42 Å². The maximum absolute atomic E-state index is 10.7. The van der Waals surface area contributed by atoms with Gasteiger partial charge in [0.15, 0.2) is 0 Å². The summed E-state index contributed by atoms with van der Waals surface area (Å²) in [4.78, 5) is 21.4. The molecule has 0 aromatic heterocycles. The lowest BCUT2D eigenvalue weighted by Crippen LogP contribution is -1.97. The smallest absolute Gasteiger partial charge is 0.335 e. The Morgan fingerprint density at radius 1 is 0.800 bits per heavy atom. The van der Waals surface area contributed by atoms with Gasteiger partial charge in [-0.3, -0.25) is 0 Å². The molecule has 0 fully saturated rings. The van der Waals surface area contributed by atoms with Crippen LogP contribution in [0.4, 0.5) is 0 Å². The molecule has 2 N–H and O–H groups in total. The van der Waals surface area contributed by atoms with Crippen LogP contribution in [0.25, 0.3) is 0 Å². The minimum atomic E-state index is -0.944. The molecule has 4 heteroatoms.